The number of allylic oxidation sites excluding steroid dienone is 1. The van der Waals surface area contributed by atoms with Crippen LogP contribution in [0.5, 0.6) is 0 Å². The van der Waals surface area contributed by atoms with Gasteiger partial charge in [-0.05, 0) is 35.1 Å². The number of nitrogens with zero attached hydrogens (tertiary/aromatic N) is 4. The standard InChI is InChI=1S/C10H10N4/c1-8(2)10-11-12-13-14(10)9-6-4-3-5-7-9/h3-7H,1H2,2H3. The number of tetrazole rings is 1. The van der Waals surface area contributed by atoms with Crippen molar-refractivity contribution >= 4 is 5.57 Å². The van der Waals surface area contributed by atoms with Gasteiger partial charge in [-0.25, -0.2) is 0 Å². The third kappa shape index (κ3) is 1.42. The van der Waals surface area contributed by atoms with Crippen LogP contribution < -0.4 is 0 Å². The largest absolute Gasteiger partial charge is 0.193 e. The molecule has 1 heterocycles. The van der Waals surface area contributed by atoms with Gasteiger partial charge in [0, 0.05) is 0 Å². The highest BCUT2D eigenvalue weighted by atomic mass is 15.5. The normalized spacial score (nSPS) is 10.1. The van der Waals surface area contributed by atoms with E-state index in [1.165, 1.54) is 0 Å². The van der Waals surface area contributed by atoms with Gasteiger partial charge in [0.15, 0.2) is 5.82 Å². The number of hydrogen-bond donors (Lipinski definition) is 0. The first-order chi connectivity index (χ1) is 6.79. The molecular weight excluding hydrogens is 176 g/mol. The fourth-order valence-electron chi connectivity index (χ4n) is 1.20. The Balaban J connectivity index is 2.52. The van der Waals surface area contributed by atoms with Crippen LogP contribution in [0.3, 0.4) is 0 Å². The number of benzene rings is 1. The molecule has 2 rings (SSSR count). The molecule has 0 bridgehead atoms. The predicted molar refractivity (Wildman–Crippen MR) is 53.9 cm³/mol. The van der Waals surface area contributed by atoms with E-state index in [4.69, 9.17) is 0 Å². The van der Waals surface area contributed by atoms with Crippen molar-refractivity contribution in [3.63, 3.8) is 0 Å². The molecular formula is C10H10N4. The Hall–Kier alpha value is -1.97. The van der Waals surface area contributed by atoms with E-state index in [0.29, 0.717) is 5.82 Å². The second-order valence-electron chi connectivity index (χ2n) is 3.03. The SMILES string of the molecule is C=C(C)c1nnnn1-c1ccccc1. The minimum atomic E-state index is 0.691. The number of hydrogen-bond acceptors (Lipinski definition) is 3. The van der Waals surface area contributed by atoms with Crippen LogP contribution in [-0.4, -0.2) is 20.2 Å². The molecule has 0 atom stereocenters. The Morgan fingerprint density at radius 3 is 2.64 bits per heavy atom. The van der Waals surface area contributed by atoms with Crippen molar-refractivity contribution in [2.24, 2.45) is 0 Å². The molecule has 0 aliphatic heterocycles. The van der Waals surface area contributed by atoms with E-state index in [1.807, 2.05) is 37.3 Å². The van der Waals surface area contributed by atoms with Gasteiger partial charge < -0.3 is 0 Å². The van der Waals surface area contributed by atoms with Crippen LogP contribution in [0.2, 0.25) is 0 Å². The van der Waals surface area contributed by atoms with E-state index in [0.717, 1.165) is 11.3 Å². The van der Waals surface area contributed by atoms with E-state index in [2.05, 4.69) is 22.1 Å². The highest BCUT2D eigenvalue weighted by Gasteiger charge is 2.07. The lowest BCUT2D eigenvalue weighted by atomic mass is 10.3. The van der Waals surface area contributed by atoms with Crippen molar-refractivity contribution in [2.75, 3.05) is 0 Å². The van der Waals surface area contributed by atoms with Crippen molar-refractivity contribution < 1.29 is 0 Å². The average Bonchev–Trinajstić information content (AvgIpc) is 2.67. The van der Waals surface area contributed by atoms with E-state index in [-0.39, 0.29) is 0 Å². The lowest BCUT2D eigenvalue weighted by molar-refractivity contribution is 0.785. The molecule has 4 nitrogen and oxygen atoms in total. The number of aromatic nitrogens is 4. The van der Waals surface area contributed by atoms with Gasteiger partial charge in [0.05, 0.1) is 5.69 Å². The summed E-state index contributed by atoms with van der Waals surface area (Å²) in [5.74, 6) is 0.691. The van der Waals surface area contributed by atoms with Gasteiger partial charge in [-0.15, -0.1) is 5.10 Å². The zero-order valence-corrected chi connectivity index (χ0v) is 7.88. The van der Waals surface area contributed by atoms with E-state index >= 15 is 0 Å². The van der Waals surface area contributed by atoms with Crippen LogP contribution >= 0.6 is 0 Å². The second kappa shape index (κ2) is 3.41. The Morgan fingerprint density at radius 2 is 2.00 bits per heavy atom. The van der Waals surface area contributed by atoms with Crippen LogP contribution in [0.25, 0.3) is 11.3 Å². The monoisotopic (exact) mass is 186 g/mol. The minimum Gasteiger partial charge on any atom is -0.193 e. The third-order valence-electron chi connectivity index (χ3n) is 1.85. The summed E-state index contributed by atoms with van der Waals surface area (Å²) in [5, 5.41) is 11.4. The van der Waals surface area contributed by atoms with Crippen LogP contribution in [0.15, 0.2) is 36.9 Å². The van der Waals surface area contributed by atoms with E-state index in [9.17, 15) is 0 Å². The lowest BCUT2D eigenvalue weighted by Crippen LogP contribution is -2.00. The zero-order chi connectivity index (χ0) is 9.97. The minimum absolute atomic E-state index is 0.691. The summed E-state index contributed by atoms with van der Waals surface area (Å²) in [7, 11) is 0. The molecule has 70 valence electrons. The first-order valence-corrected chi connectivity index (χ1v) is 4.29. The molecule has 2 aromatic rings. The Labute approximate surface area is 81.9 Å². The molecule has 0 N–H and O–H groups in total. The molecule has 0 saturated heterocycles. The van der Waals surface area contributed by atoms with Crippen LogP contribution in [0.4, 0.5) is 0 Å². The van der Waals surface area contributed by atoms with Gasteiger partial charge in [0.1, 0.15) is 0 Å². The second-order valence-corrected chi connectivity index (χ2v) is 3.03. The molecule has 0 aliphatic rings. The molecule has 0 fully saturated rings. The van der Waals surface area contributed by atoms with Crippen molar-refractivity contribution in [1.29, 1.82) is 0 Å². The van der Waals surface area contributed by atoms with Gasteiger partial charge in [-0.2, -0.15) is 4.68 Å². The Morgan fingerprint density at radius 1 is 1.29 bits per heavy atom. The van der Waals surface area contributed by atoms with Gasteiger partial charge in [0.25, 0.3) is 0 Å². The van der Waals surface area contributed by atoms with Gasteiger partial charge in [-0.1, -0.05) is 24.8 Å². The predicted octanol–water partition coefficient (Wildman–Crippen LogP) is 1.70. The molecule has 14 heavy (non-hydrogen) atoms. The molecule has 0 radical (unpaired) electrons. The van der Waals surface area contributed by atoms with Gasteiger partial charge in [0.2, 0.25) is 0 Å². The van der Waals surface area contributed by atoms with Crippen molar-refractivity contribution in [2.45, 2.75) is 6.92 Å². The van der Waals surface area contributed by atoms with Crippen molar-refractivity contribution in [3.05, 3.63) is 42.7 Å². The van der Waals surface area contributed by atoms with Gasteiger partial charge in [-0.3, -0.25) is 0 Å². The smallest absolute Gasteiger partial charge is 0.182 e. The van der Waals surface area contributed by atoms with E-state index in [1.54, 1.807) is 4.68 Å². The molecule has 0 saturated carbocycles. The summed E-state index contributed by atoms with van der Waals surface area (Å²) in [6.45, 7) is 5.70. The summed E-state index contributed by atoms with van der Waals surface area (Å²) in [4.78, 5) is 0. The first kappa shape index (κ1) is 8.62. The quantitative estimate of drug-likeness (QED) is 0.716. The van der Waals surface area contributed by atoms with Crippen LogP contribution in [0, 0.1) is 0 Å². The molecule has 1 aromatic heterocycles. The molecule has 0 aliphatic carbocycles. The van der Waals surface area contributed by atoms with Crippen molar-refractivity contribution in [3.8, 4) is 5.69 Å². The van der Waals surface area contributed by atoms with Crippen molar-refractivity contribution in [1.82, 2.24) is 20.2 Å². The maximum atomic E-state index is 3.90. The first-order valence-electron chi connectivity index (χ1n) is 4.29. The summed E-state index contributed by atoms with van der Waals surface area (Å²) >= 11 is 0. The maximum Gasteiger partial charge on any atom is 0.182 e. The average molecular weight is 186 g/mol. The molecule has 0 amide bonds. The lowest BCUT2D eigenvalue weighted by Gasteiger charge is -2.02. The molecule has 4 heteroatoms. The fourth-order valence-corrected chi connectivity index (χ4v) is 1.20. The summed E-state index contributed by atoms with van der Waals surface area (Å²) in [6, 6.07) is 9.73. The fraction of sp³-hybridized carbons (Fsp3) is 0.100. The number of rotatable bonds is 2. The van der Waals surface area contributed by atoms with Crippen LogP contribution in [0.1, 0.15) is 12.7 Å². The zero-order valence-electron chi connectivity index (χ0n) is 7.88. The molecule has 1 aromatic carbocycles. The maximum absolute atomic E-state index is 3.90. The summed E-state index contributed by atoms with van der Waals surface area (Å²) in [6.07, 6.45) is 0. The molecule has 0 unspecified atom stereocenters. The van der Waals surface area contributed by atoms with E-state index < -0.39 is 0 Å². The Kier molecular flexibility index (Phi) is 2.10. The van der Waals surface area contributed by atoms with Gasteiger partial charge >= 0.3 is 0 Å². The summed E-state index contributed by atoms with van der Waals surface area (Å²) in [5.41, 5.74) is 1.79. The third-order valence-corrected chi connectivity index (χ3v) is 1.85. The summed E-state index contributed by atoms with van der Waals surface area (Å²) < 4.78 is 1.67. The Bertz CT molecular complexity index is 444. The highest BCUT2D eigenvalue weighted by Crippen LogP contribution is 2.12. The molecule has 0 spiro atoms. The number of para-hydroxylation sites is 1. The topological polar surface area (TPSA) is 43.6 Å². The highest BCUT2D eigenvalue weighted by molar-refractivity contribution is 5.55. The van der Waals surface area contributed by atoms with Crippen LogP contribution in [-0.2, 0) is 0 Å².